The third-order valence-corrected chi connectivity index (χ3v) is 1.74. The van der Waals surface area contributed by atoms with Gasteiger partial charge in [0.25, 0.3) is 0 Å². The maximum absolute atomic E-state index is 10.2. The van der Waals surface area contributed by atoms with Crippen molar-refractivity contribution >= 4 is 17.7 Å². The zero-order valence-corrected chi connectivity index (χ0v) is 7.90. The van der Waals surface area contributed by atoms with Crippen molar-refractivity contribution in [3.05, 3.63) is 29.6 Å². The first-order chi connectivity index (χ1) is 6.59. The van der Waals surface area contributed by atoms with Gasteiger partial charge < -0.3 is 10.8 Å². The number of hydrogen-bond acceptors (Lipinski definition) is 3. The first-order valence-corrected chi connectivity index (χ1v) is 4.20. The Kier molecular flexibility index (Phi) is 3.23. The predicted octanol–water partition coefficient (Wildman–Crippen LogP) is 1.46. The minimum Gasteiger partial charge on any atom is -0.481 e. The van der Waals surface area contributed by atoms with Crippen LogP contribution in [0.5, 0.6) is 0 Å². The van der Waals surface area contributed by atoms with Crippen LogP contribution in [0.15, 0.2) is 18.3 Å². The number of aryl methyl sites for hydroxylation is 1. The average Bonchev–Trinajstić information content (AvgIpc) is 2.10. The molecule has 1 rings (SSSR count). The molecule has 14 heavy (non-hydrogen) atoms. The molecule has 4 nitrogen and oxygen atoms in total. The second-order valence-electron chi connectivity index (χ2n) is 2.94. The summed E-state index contributed by atoms with van der Waals surface area (Å²) in [5.74, 6) is -0.851. The molecule has 1 aromatic rings. The molecule has 0 aliphatic rings. The van der Waals surface area contributed by atoms with E-state index in [-0.39, 0.29) is 6.42 Å². The van der Waals surface area contributed by atoms with Gasteiger partial charge in [-0.2, -0.15) is 0 Å². The van der Waals surface area contributed by atoms with Crippen LogP contribution in [0.1, 0.15) is 17.7 Å². The number of nitrogen functional groups attached to an aromatic ring is 1. The molecule has 0 saturated heterocycles. The minimum atomic E-state index is -0.851. The number of carboxylic acids is 1. The normalized spacial score (nSPS) is 10.6. The summed E-state index contributed by atoms with van der Waals surface area (Å²) in [6.45, 7) is 1.85. The van der Waals surface area contributed by atoms with Crippen LogP contribution in [0.4, 0.5) is 5.69 Å². The van der Waals surface area contributed by atoms with Crippen molar-refractivity contribution in [1.29, 1.82) is 0 Å². The van der Waals surface area contributed by atoms with Crippen LogP contribution in [0.2, 0.25) is 0 Å². The van der Waals surface area contributed by atoms with E-state index >= 15 is 0 Å². The second kappa shape index (κ2) is 4.41. The number of aromatic nitrogens is 1. The van der Waals surface area contributed by atoms with Crippen molar-refractivity contribution in [3.8, 4) is 0 Å². The fourth-order valence-electron chi connectivity index (χ4n) is 1.02. The van der Waals surface area contributed by atoms with Crippen LogP contribution in [-0.2, 0) is 4.79 Å². The lowest BCUT2D eigenvalue weighted by atomic mass is 10.1. The first-order valence-electron chi connectivity index (χ1n) is 4.20. The van der Waals surface area contributed by atoms with E-state index in [0.717, 1.165) is 11.3 Å². The lowest BCUT2D eigenvalue weighted by Crippen LogP contribution is -1.92. The number of nitrogens with two attached hydrogens (primary N) is 1. The molecular weight excluding hydrogens is 180 g/mol. The first kappa shape index (κ1) is 10.2. The molecule has 74 valence electrons. The van der Waals surface area contributed by atoms with Crippen LogP contribution in [0.3, 0.4) is 0 Å². The van der Waals surface area contributed by atoms with Crippen molar-refractivity contribution in [2.45, 2.75) is 13.3 Å². The van der Waals surface area contributed by atoms with E-state index in [0.29, 0.717) is 5.69 Å². The number of aliphatic carboxylic acids is 1. The topological polar surface area (TPSA) is 76.2 Å². The minimum absolute atomic E-state index is 0.00817. The van der Waals surface area contributed by atoms with Gasteiger partial charge in [-0.25, -0.2) is 0 Å². The molecule has 0 amide bonds. The van der Waals surface area contributed by atoms with Crippen molar-refractivity contribution < 1.29 is 9.90 Å². The zero-order chi connectivity index (χ0) is 10.6. The summed E-state index contributed by atoms with van der Waals surface area (Å²) in [4.78, 5) is 14.3. The van der Waals surface area contributed by atoms with Gasteiger partial charge >= 0.3 is 5.97 Å². The van der Waals surface area contributed by atoms with Crippen molar-refractivity contribution in [2.24, 2.45) is 0 Å². The number of carboxylic acid groups (broad SMARTS) is 1. The van der Waals surface area contributed by atoms with Gasteiger partial charge in [-0.3, -0.25) is 9.78 Å². The Labute approximate surface area is 82.1 Å². The Morgan fingerprint density at radius 3 is 3.07 bits per heavy atom. The number of carbonyl (C=O) groups is 1. The summed E-state index contributed by atoms with van der Waals surface area (Å²) < 4.78 is 0. The summed E-state index contributed by atoms with van der Waals surface area (Å²) in [6.07, 6.45) is 4.87. The third-order valence-electron chi connectivity index (χ3n) is 1.74. The lowest BCUT2D eigenvalue weighted by molar-refractivity contribution is -0.135. The lowest BCUT2D eigenvalue weighted by Gasteiger charge is -1.99. The van der Waals surface area contributed by atoms with E-state index in [1.165, 1.54) is 0 Å². The quantitative estimate of drug-likeness (QED) is 0.760. The van der Waals surface area contributed by atoms with Crippen LogP contribution in [-0.4, -0.2) is 16.1 Å². The Morgan fingerprint density at radius 1 is 1.71 bits per heavy atom. The van der Waals surface area contributed by atoms with Crippen LogP contribution in [0, 0.1) is 6.92 Å². The van der Waals surface area contributed by atoms with Crippen LogP contribution >= 0.6 is 0 Å². The summed E-state index contributed by atoms with van der Waals surface area (Å²) in [7, 11) is 0. The number of rotatable bonds is 3. The summed E-state index contributed by atoms with van der Waals surface area (Å²) >= 11 is 0. The number of hydrogen-bond donors (Lipinski definition) is 2. The van der Waals surface area contributed by atoms with E-state index in [4.69, 9.17) is 10.8 Å². The molecule has 0 unspecified atom stereocenters. The Bertz CT molecular complexity index is 372. The molecule has 1 heterocycles. The standard InChI is InChI=1S/C10H12N2O2/c1-7-8(3-2-4-10(13)14)5-9(11)6-12-7/h2-3,5-6H,4,11H2,1H3,(H,13,14). The van der Waals surface area contributed by atoms with Gasteiger partial charge in [0.05, 0.1) is 18.3 Å². The Hall–Kier alpha value is -1.84. The Morgan fingerprint density at radius 2 is 2.43 bits per heavy atom. The van der Waals surface area contributed by atoms with Crippen molar-refractivity contribution in [1.82, 2.24) is 4.98 Å². The molecular formula is C10H12N2O2. The van der Waals surface area contributed by atoms with E-state index < -0.39 is 5.97 Å². The highest BCUT2D eigenvalue weighted by Gasteiger charge is 1.96. The van der Waals surface area contributed by atoms with E-state index in [9.17, 15) is 4.79 Å². The molecule has 0 bridgehead atoms. The molecule has 0 atom stereocenters. The third kappa shape index (κ3) is 2.90. The largest absolute Gasteiger partial charge is 0.481 e. The Balaban J connectivity index is 2.80. The van der Waals surface area contributed by atoms with Gasteiger partial charge in [0.15, 0.2) is 0 Å². The number of nitrogens with zero attached hydrogens (tertiary/aromatic N) is 1. The maximum atomic E-state index is 10.2. The SMILES string of the molecule is Cc1ncc(N)cc1C=CCC(=O)O. The highest BCUT2D eigenvalue weighted by atomic mass is 16.4. The van der Waals surface area contributed by atoms with Gasteiger partial charge in [0.2, 0.25) is 0 Å². The molecule has 0 saturated carbocycles. The number of pyridine rings is 1. The molecule has 1 aromatic heterocycles. The van der Waals surface area contributed by atoms with Crippen LogP contribution < -0.4 is 5.73 Å². The molecule has 4 heteroatoms. The van der Waals surface area contributed by atoms with E-state index in [1.807, 2.05) is 6.92 Å². The molecule has 3 N–H and O–H groups in total. The summed E-state index contributed by atoms with van der Waals surface area (Å²) in [6, 6.07) is 1.76. The fourth-order valence-corrected chi connectivity index (χ4v) is 1.02. The van der Waals surface area contributed by atoms with Gasteiger partial charge in [0, 0.05) is 5.69 Å². The van der Waals surface area contributed by atoms with Gasteiger partial charge in [-0.05, 0) is 18.6 Å². The van der Waals surface area contributed by atoms with Crippen molar-refractivity contribution in [3.63, 3.8) is 0 Å². The fraction of sp³-hybridized carbons (Fsp3) is 0.200. The van der Waals surface area contributed by atoms with Crippen molar-refractivity contribution in [2.75, 3.05) is 5.73 Å². The molecule has 0 aliphatic carbocycles. The maximum Gasteiger partial charge on any atom is 0.307 e. The van der Waals surface area contributed by atoms with Gasteiger partial charge in [0.1, 0.15) is 0 Å². The zero-order valence-electron chi connectivity index (χ0n) is 7.90. The molecule has 0 radical (unpaired) electrons. The second-order valence-corrected chi connectivity index (χ2v) is 2.94. The number of anilines is 1. The molecule has 0 aromatic carbocycles. The van der Waals surface area contributed by atoms with Gasteiger partial charge in [-0.1, -0.05) is 12.2 Å². The highest BCUT2D eigenvalue weighted by molar-refractivity contribution is 5.70. The summed E-state index contributed by atoms with van der Waals surface area (Å²) in [5.41, 5.74) is 7.81. The highest BCUT2D eigenvalue weighted by Crippen LogP contribution is 2.11. The molecule has 0 aliphatic heterocycles. The average molecular weight is 192 g/mol. The molecule has 0 spiro atoms. The predicted molar refractivity (Wildman–Crippen MR) is 54.7 cm³/mol. The smallest absolute Gasteiger partial charge is 0.307 e. The monoisotopic (exact) mass is 192 g/mol. The van der Waals surface area contributed by atoms with E-state index in [2.05, 4.69) is 4.98 Å². The summed E-state index contributed by atoms with van der Waals surface area (Å²) in [5, 5.41) is 8.42. The van der Waals surface area contributed by atoms with Gasteiger partial charge in [-0.15, -0.1) is 0 Å². The van der Waals surface area contributed by atoms with Crippen LogP contribution in [0.25, 0.3) is 6.08 Å². The molecule has 0 fully saturated rings. The van der Waals surface area contributed by atoms with E-state index in [1.54, 1.807) is 24.4 Å².